The second-order valence-electron chi connectivity index (χ2n) is 9.25. The summed E-state index contributed by atoms with van der Waals surface area (Å²) in [7, 11) is 0. The van der Waals surface area contributed by atoms with E-state index in [1.54, 1.807) is 6.92 Å². The third kappa shape index (κ3) is 3.04. The van der Waals surface area contributed by atoms with Crippen LogP contribution in [0.1, 0.15) is 63.0 Å². The topological polar surface area (TPSA) is 65.2 Å². The van der Waals surface area contributed by atoms with Gasteiger partial charge in [-0.2, -0.15) is 0 Å². The van der Waals surface area contributed by atoms with Gasteiger partial charge in [0.25, 0.3) is 5.89 Å². The Hall–Kier alpha value is -1.88. The summed E-state index contributed by atoms with van der Waals surface area (Å²) in [6, 6.07) is 7.88. The summed E-state index contributed by atoms with van der Waals surface area (Å²) in [6.45, 7) is 3.82. The van der Waals surface area contributed by atoms with Gasteiger partial charge in [0.2, 0.25) is 5.89 Å². The maximum Gasteiger partial charge on any atom is 0.312 e. The van der Waals surface area contributed by atoms with E-state index in [2.05, 4.69) is 10.2 Å². The lowest BCUT2D eigenvalue weighted by Crippen LogP contribution is -2.56. The zero-order valence-electron chi connectivity index (χ0n) is 16.3. The van der Waals surface area contributed by atoms with Crippen LogP contribution in [0.5, 0.6) is 0 Å². The molecule has 4 bridgehead atoms. The first-order chi connectivity index (χ1) is 13.3. The Morgan fingerprint density at radius 3 is 2.50 bits per heavy atom. The van der Waals surface area contributed by atoms with Crippen molar-refractivity contribution in [2.24, 2.45) is 17.3 Å². The molecule has 4 fully saturated rings. The van der Waals surface area contributed by atoms with Gasteiger partial charge in [0, 0.05) is 10.4 Å². The zero-order valence-corrected chi connectivity index (χ0v) is 17.0. The van der Waals surface area contributed by atoms with Crippen LogP contribution in [0.15, 0.2) is 28.7 Å². The molecule has 2 unspecified atom stereocenters. The van der Waals surface area contributed by atoms with E-state index in [1.807, 2.05) is 31.2 Å². The number of ether oxygens (including phenoxy) is 1. The maximum absolute atomic E-state index is 13.2. The highest BCUT2D eigenvalue weighted by atomic mass is 35.5. The lowest BCUT2D eigenvalue weighted by atomic mass is 9.49. The van der Waals surface area contributed by atoms with Gasteiger partial charge in [-0.3, -0.25) is 4.79 Å². The van der Waals surface area contributed by atoms with Crippen LogP contribution in [0.3, 0.4) is 0 Å². The van der Waals surface area contributed by atoms with Gasteiger partial charge < -0.3 is 9.15 Å². The predicted octanol–water partition coefficient (Wildman–Crippen LogP) is 5.23. The summed E-state index contributed by atoms with van der Waals surface area (Å²) in [5.41, 5.74) is 1.59. The minimum atomic E-state index is -0.571. The molecule has 4 aliphatic carbocycles. The molecule has 0 saturated heterocycles. The standard InChI is InChI=1S/C22H25ClN2O3/c1-13-3-5-17(6-4-13)19-25-24-18(28-19)14(2)27-20(26)21-8-15-7-16(9-21)11-22(23,10-15)12-21/h3-6,14-16H,7-12H2,1-2H3/t14-,15-,16+,21?,22?/m0/s1. The second kappa shape index (κ2) is 6.31. The highest BCUT2D eigenvalue weighted by molar-refractivity contribution is 6.24. The summed E-state index contributed by atoms with van der Waals surface area (Å²) in [5.74, 6) is 1.73. The summed E-state index contributed by atoms with van der Waals surface area (Å²) in [5, 5.41) is 8.23. The molecule has 1 aromatic heterocycles. The van der Waals surface area contributed by atoms with Crippen molar-refractivity contribution in [3.05, 3.63) is 35.7 Å². The first-order valence-electron chi connectivity index (χ1n) is 10.1. The molecule has 4 aliphatic rings. The first kappa shape index (κ1) is 18.2. The molecule has 0 amide bonds. The van der Waals surface area contributed by atoms with E-state index in [-0.39, 0.29) is 10.8 Å². The molecule has 5 nitrogen and oxygen atoms in total. The van der Waals surface area contributed by atoms with E-state index in [1.165, 1.54) is 12.0 Å². The van der Waals surface area contributed by atoms with E-state index < -0.39 is 11.5 Å². The molecule has 0 spiro atoms. The molecule has 0 aliphatic heterocycles. The zero-order chi connectivity index (χ0) is 19.5. The fourth-order valence-corrected chi connectivity index (χ4v) is 6.63. The van der Waals surface area contributed by atoms with Crippen LogP contribution in [0, 0.1) is 24.2 Å². The minimum Gasteiger partial charge on any atom is -0.452 e. The van der Waals surface area contributed by atoms with Crippen molar-refractivity contribution >= 4 is 17.6 Å². The number of benzene rings is 1. The molecular formula is C22H25ClN2O3. The third-order valence-electron chi connectivity index (χ3n) is 6.79. The lowest BCUT2D eigenvalue weighted by Gasteiger charge is -2.58. The molecule has 4 saturated carbocycles. The molecule has 6 heteroatoms. The lowest BCUT2D eigenvalue weighted by molar-refractivity contribution is -0.176. The Labute approximate surface area is 169 Å². The Kier molecular flexibility index (Phi) is 4.10. The van der Waals surface area contributed by atoms with Gasteiger partial charge in [-0.1, -0.05) is 17.7 Å². The molecule has 28 heavy (non-hydrogen) atoms. The highest BCUT2D eigenvalue weighted by Gasteiger charge is 2.61. The smallest absolute Gasteiger partial charge is 0.312 e. The van der Waals surface area contributed by atoms with Crippen LogP contribution in [0.4, 0.5) is 0 Å². The van der Waals surface area contributed by atoms with Crippen molar-refractivity contribution in [1.82, 2.24) is 10.2 Å². The number of carbonyl (C=O) groups is 1. The largest absolute Gasteiger partial charge is 0.452 e. The third-order valence-corrected chi connectivity index (χ3v) is 7.24. The van der Waals surface area contributed by atoms with Gasteiger partial charge in [0.05, 0.1) is 5.41 Å². The van der Waals surface area contributed by atoms with Crippen LogP contribution in [-0.2, 0) is 9.53 Å². The van der Waals surface area contributed by atoms with Crippen LogP contribution >= 0.6 is 11.6 Å². The van der Waals surface area contributed by atoms with Crippen LogP contribution in [-0.4, -0.2) is 21.0 Å². The fraction of sp³-hybridized carbons (Fsp3) is 0.591. The Morgan fingerprint density at radius 1 is 1.18 bits per heavy atom. The number of carbonyl (C=O) groups excluding carboxylic acids is 1. The Bertz CT molecular complexity index is 893. The van der Waals surface area contributed by atoms with Crippen molar-refractivity contribution in [3.63, 3.8) is 0 Å². The van der Waals surface area contributed by atoms with Crippen LogP contribution in [0.25, 0.3) is 11.5 Å². The van der Waals surface area contributed by atoms with Gasteiger partial charge in [0.1, 0.15) is 0 Å². The number of rotatable bonds is 4. The Morgan fingerprint density at radius 2 is 1.86 bits per heavy atom. The molecule has 5 atom stereocenters. The van der Waals surface area contributed by atoms with Crippen molar-refractivity contribution in [3.8, 4) is 11.5 Å². The van der Waals surface area contributed by atoms with E-state index in [0.717, 1.165) is 37.7 Å². The molecule has 1 aromatic carbocycles. The number of nitrogens with zero attached hydrogens (tertiary/aromatic N) is 2. The van der Waals surface area contributed by atoms with Gasteiger partial charge in [-0.05, 0) is 76.3 Å². The SMILES string of the molecule is Cc1ccc(-c2nnc([C@H](C)OC(=O)C34C[C@@H]5C[C@@H](CC(Cl)(C5)C3)C4)o2)cc1. The van der Waals surface area contributed by atoms with E-state index in [0.29, 0.717) is 23.6 Å². The average molecular weight is 401 g/mol. The molecule has 148 valence electrons. The van der Waals surface area contributed by atoms with Gasteiger partial charge in [-0.25, -0.2) is 0 Å². The van der Waals surface area contributed by atoms with Crippen molar-refractivity contribution in [2.75, 3.05) is 0 Å². The average Bonchev–Trinajstić information content (AvgIpc) is 3.10. The molecule has 6 rings (SSSR count). The summed E-state index contributed by atoms with van der Waals surface area (Å²) >= 11 is 6.85. The molecule has 2 aromatic rings. The highest BCUT2D eigenvalue weighted by Crippen LogP contribution is 2.64. The molecule has 0 radical (unpaired) electrons. The molecular weight excluding hydrogens is 376 g/mol. The number of hydrogen-bond acceptors (Lipinski definition) is 5. The van der Waals surface area contributed by atoms with Crippen molar-refractivity contribution in [1.29, 1.82) is 0 Å². The van der Waals surface area contributed by atoms with Crippen molar-refractivity contribution < 1.29 is 13.9 Å². The molecule has 1 heterocycles. The number of alkyl halides is 1. The number of esters is 1. The summed E-state index contributed by atoms with van der Waals surface area (Å²) in [6.07, 6.45) is 5.27. The van der Waals surface area contributed by atoms with E-state index in [9.17, 15) is 4.79 Å². The Balaban J connectivity index is 1.31. The second-order valence-corrected chi connectivity index (χ2v) is 10.1. The first-order valence-corrected chi connectivity index (χ1v) is 10.5. The number of aromatic nitrogens is 2. The van der Waals surface area contributed by atoms with E-state index in [4.69, 9.17) is 20.8 Å². The minimum absolute atomic E-state index is 0.144. The number of aryl methyl sites for hydroxylation is 1. The van der Waals surface area contributed by atoms with Gasteiger partial charge in [0.15, 0.2) is 6.10 Å². The monoisotopic (exact) mass is 400 g/mol. The van der Waals surface area contributed by atoms with Crippen LogP contribution in [0.2, 0.25) is 0 Å². The fourth-order valence-electron chi connectivity index (χ4n) is 5.94. The normalized spacial score (nSPS) is 34.4. The van der Waals surface area contributed by atoms with Crippen LogP contribution < -0.4 is 0 Å². The number of halogens is 1. The molecule has 0 N–H and O–H groups in total. The predicted molar refractivity (Wildman–Crippen MR) is 105 cm³/mol. The van der Waals surface area contributed by atoms with Gasteiger partial charge in [-0.15, -0.1) is 21.8 Å². The van der Waals surface area contributed by atoms with Crippen molar-refractivity contribution in [2.45, 2.75) is 63.4 Å². The summed E-state index contributed by atoms with van der Waals surface area (Å²) < 4.78 is 11.6. The quantitative estimate of drug-likeness (QED) is 0.519. The van der Waals surface area contributed by atoms with Gasteiger partial charge >= 0.3 is 5.97 Å². The maximum atomic E-state index is 13.2. The summed E-state index contributed by atoms with van der Waals surface area (Å²) in [4.78, 5) is 13.0. The number of hydrogen-bond donors (Lipinski definition) is 0. The van der Waals surface area contributed by atoms with E-state index >= 15 is 0 Å².